The van der Waals surface area contributed by atoms with Gasteiger partial charge in [0.15, 0.2) is 0 Å². The Labute approximate surface area is 125 Å². The van der Waals surface area contributed by atoms with E-state index < -0.39 is 0 Å². The summed E-state index contributed by atoms with van der Waals surface area (Å²) in [5.74, 6) is 1.70. The Morgan fingerprint density at radius 2 is 2.05 bits per heavy atom. The molecule has 0 radical (unpaired) electrons. The number of ether oxygens (including phenoxy) is 2. The number of methoxy groups -OCH3 is 2. The maximum absolute atomic E-state index is 5.44. The summed E-state index contributed by atoms with van der Waals surface area (Å²) >= 11 is 0. The first kappa shape index (κ1) is 15.4. The Morgan fingerprint density at radius 1 is 1.24 bits per heavy atom. The zero-order chi connectivity index (χ0) is 15.2. The average Bonchev–Trinajstić information content (AvgIpc) is 2.99. The number of benzene rings is 1. The molecule has 2 atom stereocenters. The van der Waals surface area contributed by atoms with Gasteiger partial charge in [0.25, 0.3) is 0 Å². The van der Waals surface area contributed by atoms with Crippen molar-refractivity contribution in [1.82, 2.24) is 15.1 Å². The molecular weight excluding hydrogens is 266 g/mol. The van der Waals surface area contributed by atoms with Crippen LogP contribution in [0, 0.1) is 0 Å². The van der Waals surface area contributed by atoms with Crippen LogP contribution in [0.3, 0.4) is 0 Å². The van der Waals surface area contributed by atoms with E-state index in [1.54, 1.807) is 20.4 Å². The van der Waals surface area contributed by atoms with E-state index in [2.05, 4.69) is 24.3 Å². The molecule has 114 valence electrons. The molecule has 0 aliphatic rings. The quantitative estimate of drug-likeness (QED) is 0.851. The third kappa shape index (κ3) is 3.98. The minimum absolute atomic E-state index is 0.153. The highest BCUT2D eigenvalue weighted by Crippen LogP contribution is 2.29. The third-order valence-electron chi connectivity index (χ3n) is 3.46. The van der Waals surface area contributed by atoms with Crippen LogP contribution in [0.2, 0.25) is 0 Å². The maximum Gasteiger partial charge on any atom is 0.123 e. The lowest BCUT2D eigenvalue weighted by Crippen LogP contribution is -2.33. The van der Waals surface area contributed by atoms with Crippen LogP contribution in [0.15, 0.2) is 36.7 Å². The molecule has 5 heteroatoms. The van der Waals surface area contributed by atoms with Crippen molar-refractivity contribution in [2.75, 3.05) is 14.2 Å². The highest BCUT2D eigenvalue weighted by molar-refractivity contribution is 5.42. The zero-order valence-corrected chi connectivity index (χ0v) is 13.0. The molecule has 1 aromatic heterocycles. The van der Waals surface area contributed by atoms with Gasteiger partial charge in [0.1, 0.15) is 11.5 Å². The van der Waals surface area contributed by atoms with E-state index in [1.165, 1.54) is 0 Å². The molecule has 21 heavy (non-hydrogen) atoms. The highest BCUT2D eigenvalue weighted by atomic mass is 16.5. The SMILES string of the molecule is COc1ccc(OC)c(C(C)NC(C)Cn2cccn2)c1. The van der Waals surface area contributed by atoms with Gasteiger partial charge in [-0.05, 0) is 38.1 Å². The van der Waals surface area contributed by atoms with Crippen molar-refractivity contribution in [1.29, 1.82) is 0 Å². The summed E-state index contributed by atoms with van der Waals surface area (Å²) < 4.78 is 12.7. The lowest BCUT2D eigenvalue weighted by Gasteiger charge is -2.22. The fraction of sp³-hybridized carbons (Fsp3) is 0.438. The van der Waals surface area contributed by atoms with Crippen LogP contribution in [0.25, 0.3) is 0 Å². The fourth-order valence-corrected chi connectivity index (χ4v) is 2.44. The van der Waals surface area contributed by atoms with Crippen molar-refractivity contribution in [2.24, 2.45) is 0 Å². The van der Waals surface area contributed by atoms with E-state index in [9.17, 15) is 0 Å². The molecule has 2 rings (SSSR count). The van der Waals surface area contributed by atoms with Gasteiger partial charge in [0, 0.05) is 30.0 Å². The van der Waals surface area contributed by atoms with E-state index in [1.807, 2.05) is 35.1 Å². The number of hydrogen-bond donors (Lipinski definition) is 1. The summed E-state index contributed by atoms with van der Waals surface area (Å²) in [4.78, 5) is 0. The number of rotatable bonds is 7. The van der Waals surface area contributed by atoms with Gasteiger partial charge in [-0.3, -0.25) is 4.68 Å². The zero-order valence-electron chi connectivity index (χ0n) is 13.0. The summed E-state index contributed by atoms with van der Waals surface area (Å²) in [7, 11) is 3.36. The maximum atomic E-state index is 5.44. The van der Waals surface area contributed by atoms with Crippen LogP contribution in [-0.4, -0.2) is 30.0 Å². The van der Waals surface area contributed by atoms with Crippen molar-refractivity contribution in [3.05, 3.63) is 42.2 Å². The first-order valence-electron chi connectivity index (χ1n) is 7.09. The predicted octanol–water partition coefficient (Wildman–Crippen LogP) is 2.64. The van der Waals surface area contributed by atoms with E-state index in [0.29, 0.717) is 0 Å². The second-order valence-electron chi connectivity index (χ2n) is 5.13. The van der Waals surface area contributed by atoms with Crippen LogP contribution in [0.5, 0.6) is 11.5 Å². The molecule has 2 unspecified atom stereocenters. The Kier molecular flexibility index (Phi) is 5.22. The Morgan fingerprint density at radius 3 is 2.67 bits per heavy atom. The van der Waals surface area contributed by atoms with Gasteiger partial charge in [-0.15, -0.1) is 0 Å². The normalized spacial score (nSPS) is 13.7. The second-order valence-corrected chi connectivity index (χ2v) is 5.13. The van der Waals surface area contributed by atoms with E-state index >= 15 is 0 Å². The van der Waals surface area contributed by atoms with Crippen molar-refractivity contribution in [3.8, 4) is 11.5 Å². The lowest BCUT2D eigenvalue weighted by molar-refractivity contribution is 0.376. The smallest absolute Gasteiger partial charge is 0.123 e. The van der Waals surface area contributed by atoms with Gasteiger partial charge in [-0.2, -0.15) is 5.10 Å². The van der Waals surface area contributed by atoms with Crippen molar-refractivity contribution in [2.45, 2.75) is 32.5 Å². The molecule has 1 N–H and O–H groups in total. The second kappa shape index (κ2) is 7.13. The monoisotopic (exact) mass is 289 g/mol. The van der Waals surface area contributed by atoms with Gasteiger partial charge in [-0.25, -0.2) is 0 Å². The van der Waals surface area contributed by atoms with Gasteiger partial charge < -0.3 is 14.8 Å². The first-order valence-corrected chi connectivity index (χ1v) is 7.09. The van der Waals surface area contributed by atoms with Crippen molar-refractivity contribution < 1.29 is 9.47 Å². The number of nitrogens with zero attached hydrogens (tertiary/aromatic N) is 2. The molecule has 0 fully saturated rings. The van der Waals surface area contributed by atoms with Crippen molar-refractivity contribution in [3.63, 3.8) is 0 Å². The number of hydrogen-bond acceptors (Lipinski definition) is 4. The molecule has 0 saturated heterocycles. The highest BCUT2D eigenvalue weighted by Gasteiger charge is 2.15. The Hall–Kier alpha value is -2.01. The summed E-state index contributed by atoms with van der Waals surface area (Å²) in [5, 5.41) is 7.79. The van der Waals surface area contributed by atoms with Gasteiger partial charge in [0.05, 0.1) is 20.8 Å². The van der Waals surface area contributed by atoms with E-state index in [-0.39, 0.29) is 12.1 Å². The van der Waals surface area contributed by atoms with Gasteiger partial charge in [-0.1, -0.05) is 0 Å². The fourth-order valence-electron chi connectivity index (χ4n) is 2.44. The molecule has 0 aliphatic carbocycles. The van der Waals surface area contributed by atoms with Gasteiger partial charge >= 0.3 is 0 Å². The molecule has 0 aliphatic heterocycles. The summed E-state index contributed by atoms with van der Waals surface area (Å²) in [6.45, 7) is 5.09. The molecule has 0 spiro atoms. The molecule has 0 bridgehead atoms. The Bertz CT molecular complexity index is 555. The molecule has 2 aromatic rings. The molecule has 1 aromatic carbocycles. The molecule has 5 nitrogen and oxygen atoms in total. The van der Waals surface area contributed by atoms with Crippen LogP contribution >= 0.6 is 0 Å². The number of nitrogens with one attached hydrogen (secondary N) is 1. The summed E-state index contributed by atoms with van der Waals surface area (Å²) in [6.07, 6.45) is 3.76. The third-order valence-corrected chi connectivity index (χ3v) is 3.46. The topological polar surface area (TPSA) is 48.3 Å². The number of aromatic nitrogens is 2. The van der Waals surface area contributed by atoms with E-state index in [4.69, 9.17) is 9.47 Å². The minimum atomic E-state index is 0.153. The molecular formula is C16H23N3O2. The largest absolute Gasteiger partial charge is 0.497 e. The van der Waals surface area contributed by atoms with Crippen molar-refractivity contribution >= 4 is 0 Å². The van der Waals surface area contributed by atoms with Crippen LogP contribution in [0.1, 0.15) is 25.5 Å². The molecule has 0 amide bonds. The van der Waals surface area contributed by atoms with E-state index in [0.717, 1.165) is 23.6 Å². The lowest BCUT2D eigenvalue weighted by atomic mass is 10.1. The minimum Gasteiger partial charge on any atom is -0.497 e. The summed E-state index contributed by atoms with van der Waals surface area (Å²) in [5.41, 5.74) is 1.09. The standard InChI is InChI=1S/C16H23N3O2/c1-12(11-19-9-5-8-17-19)18-13(2)15-10-14(20-3)6-7-16(15)21-4/h5-10,12-13,18H,11H2,1-4H3. The first-order chi connectivity index (χ1) is 10.1. The predicted molar refractivity (Wildman–Crippen MR) is 82.8 cm³/mol. The van der Waals surface area contributed by atoms with Crippen LogP contribution < -0.4 is 14.8 Å². The molecule has 1 heterocycles. The summed E-state index contributed by atoms with van der Waals surface area (Å²) in [6, 6.07) is 8.22. The van der Waals surface area contributed by atoms with Gasteiger partial charge in [0.2, 0.25) is 0 Å². The molecule has 0 saturated carbocycles. The van der Waals surface area contributed by atoms with Crippen LogP contribution in [0.4, 0.5) is 0 Å². The van der Waals surface area contributed by atoms with Crippen LogP contribution in [-0.2, 0) is 6.54 Å². The Balaban J connectivity index is 2.06. The average molecular weight is 289 g/mol.